The summed E-state index contributed by atoms with van der Waals surface area (Å²) in [5.41, 5.74) is 2.45. The van der Waals surface area contributed by atoms with Crippen LogP contribution in [-0.4, -0.2) is 29.8 Å². The van der Waals surface area contributed by atoms with Gasteiger partial charge in [0.05, 0.1) is 24.7 Å². The fourth-order valence-corrected chi connectivity index (χ4v) is 2.37. The van der Waals surface area contributed by atoms with Gasteiger partial charge >= 0.3 is 0 Å². The van der Waals surface area contributed by atoms with Gasteiger partial charge in [-0.15, -0.1) is 0 Å². The monoisotopic (exact) mass is 337 g/mol. The van der Waals surface area contributed by atoms with Crippen molar-refractivity contribution in [2.45, 2.75) is 19.5 Å². The molecule has 1 aromatic carbocycles. The molecule has 20 heavy (non-hydrogen) atoms. The van der Waals surface area contributed by atoms with Crippen LogP contribution in [-0.2, 0) is 11.3 Å². The molecule has 2 rings (SSSR count). The van der Waals surface area contributed by atoms with Crippen LogP contribution in [0.25, 0.3) is 0 Å². The van der Waals surface area contributed by atoms with Crippen molar-refractivity contribution in [3.63, 3.8) is 0 Å². The van der Waals surface area contributed by atoms with E-state index in [0.717, 1.165) is 24.2 Å². The summed E-state index contributed by atoms with van der Waals surface area (Å²) in [4.78, 5) is 4.27. The highest BCUT2D eigenvalue weighted by Gasteiger charge is 2.11. The van der Waals surface area contributed by atoms with Crippen LogP contribution in [0.15, 0.2) is 41.3 Å². The number of methoxy groups -OCH3 is 1. The highest BCUT2D eigenvalue weighted by Crippen LogP contribution is 2.21. The van der Waals surface area contributed by atoms with Crippen molar-refractivity contribution in [3.05, 3.63) is 52.5 Å². The van der Waals surface area contributed by atoms with Crippen molar-refractivity contribution in [2.75, 3.05) is 20.3 Å². The van der Waals surface area contributed by atoms with E-state index in [1.807, 2.05) is 12.5 Å². The van der Waals surface area contributed by atoms with Gasteiger partial charge in [0.1, 0.15) is 0 Å². The van der Waals surface area contributed by atoms with Gasteiger partial charge in [0, 0.05) is 30.9 Å². The maximum atomic E-state index is 5.03. The van der Waals surface area contributed by atoms with Gasteiger partial charge in [-0.05, 0) is 24.6 Å². The van der Waals surface area contributed by atoms with Crippen molar-refractivity contribution < 1.29 is 4.74 Å². The Morgan fingerprint density at radius 2 is 2.10 bits per heavy atom. The molecule has 0 radical (unpaired) electrons. The summed E-state index contributed by atoms with van der Waals surface area (Å²) in [7, 11) is 1.71. The SMILES string of the molecule is COCCNCc1cncn1C(C)c1ccc(Br)cc1. The molecule has 1 heterocycles. The minimum absolute atomic E-state index is 0.268. The number of nitrogens with one attached hydrogen (secondary N) is 1. The summed E-state index contributed by atoms with van der Waals surface area (Å²) in [6, 6.07) is 8.68. The lowest BCUT2D eigenvalue weighted by Crippen LogP contribution is -2.21. The van der Waals surface area contributed by atoms with E-state index < -0.39 is 0 Å². The first-order valence-corrected chi connectivity index (χ1v) is 7.47. The minimum atomic E-state index is 0.268. The number of nitrogens with zero attached hydrogens (tertiary/aromatic N) is 2. The standard InChI is InChI=1S/C15H20BrN3O/c1-12(13-3-5-14(16)6-4-13)19-11-18-10-15(19)9-17-7-8-20-2/h3-6,10-12,17H,7-9H2,1-2H3. The Balaban J connectivity index is 2.04. The third kappa shape index (κ3) is 3.91. The van der Waals surface area contributed by atoms with Gasteiger partial charge in [-0.3, -0.25) is 0 Å². The van der Waals surface area contributed by atoms with Gasteiger partial charge in [-0.25, -0.2) is 4.98 Å². The number of imidazole rings is 1. The van der Waals surface area contributed by atoms with Crippen molar-refractivity contribution in [1.82, 2.24) is 14.9 Å². The number of aromatic nitrogens is 2. The van der Waals surface area contributed by atoms with E-state index in [2.05, 4.69) is 62.0 Å². The zero-order valence-electron chi connectivity index (χ0n) is 11.8. The van der Waals surface area contributed by atoms with E-state index >= 15 is 0 Å². The average molecular weight is 338 g/mol. The van der Waals surface area contributed by atoms with Crippen molar-refractivity contribution >= 4 is 15.9 Å². The average Bonchev–Trinajstić information content (AvgIpc) is 2.92. The molecule has 0 saturated carbocycles. The van der Waals surface area contributed by atoms with Crippen LogP contribution in [0.4, 0.5) is 0 Å². The largest absolute Gasteiger partial charge is 0.383 e. The molecule has 0 saturated heterocycles. The first kappa shape index (κ1) is 15.2. The van der Waals surface area contributed by atoms with Gasteiger partial charge in [0.25, 0.3) is 0 Å². The number of hydrogen-bond acceptors (Lipinski definition) is 3. The summed E-state index contributed by atoms with van der Waals surface area (Å²) in [5.74, 6) is 0. The number of hydrogen-bond donors (Lipinski definition) is 1. The molecule has 0 aliphatic rings. The Bertz CT molecular complexity index is 524. The maximum Gasteiger partial charge on any atom is 0.0954 e. The predicted molar refractivity (Wildman–Crippen MR) is 83.8 cm³/mol. The number of halogens is 1. The number of ether oxygens (including phenoxy) is 1. The molecule has 0 fully saturated rings. The smallest absolute Gasteiger partial charge is 0.0954 e. The van der Waals surface area contributed by atoms with Crippen molar-refractivity contribution in [3.8, 4) is 0 Å². The summed E-state index contributed by atoms with van der Waals surface area (Å²) in [5, 5.41) is 3.35. The molecule has 0 bridgehead atoms. The van der Waals surface area contributed by atoms with Crippen LogP contribution in [0.5, 0.6) is 0 Å². The second-order valence-electron chi connectivity index (χ2n) is 4.69. The Kier molecular flexibility index (Phi) is 5.76. The van der Waals surface area contributed by atoms with E-state index in [4.69, 9.17) is 4.74 Å². The van der Waals surface area contributed by atoms with Gasteiger partial charge in [-0.1, -0.05) is 28.1 Å². The molecule has 0 aliphatic heterocycles. The molecular formula is C15H20BrN3O. The first-order chi connectivity index (χ1) is 9.72. The molecule has 0 spiro atoms. The lowest BCUT2D eigenvalue weighted by atomic mass is 10.1. The van der Waals surface area contributed by atoms with Crippen LogP contribution >= 0.6 is 15.9 Å². The molecule has 1 N–H and O–H groups in total. The molecule has 1 unspecified atom stereocenters. The van der Waals surface area contributed by atoms with Crippen LogP contribution in [0, 0.1) is 0 Å². The normalized spacial score (nSPS) is 12.6. The fraction of sp³-hybridized carbons (Fsp3) is 0.400. The Labute approximate surface area is 128 Å². The van der Waals surface area contributed by atoms with Crippen LogP contribution in [0.3, 0.4) is 0 Å². The van der Waals surface area contributed by atoms with Gasteiger partial charge < -0.3 is 14.6 Å². The summed E-state index contributed by atoms with van der Waals surface area (Å²) >= 11 is 3.47. The van der Waals surface area contributed by atoms with E-state index in [-0.39, 0.29) is 6.04 Å². The zero-order valence-corrected chi connectivity index (χ0v) is 13.4. The molecule has 1 atom stereocenters. The molecule has 2 aromatic rings. The molecular weight excluding hydrogens is 318 g/mol. The highest BCUT2D eigenvalue weighted by atomic mass is 79.9. The second-order valence-corrected chi connectivity index (χ2v) is 5.61. The Morgan fingerprint density at radius 3 is 2.80 bits per heavy atom. The highest BCUT2D eigenvalue weighted by molar-refractivity contribution is 9.10. The lowest BCUT2D eigenvalue weighted by Gasteiger charge is -2.17. The quantitative estimate of drug-likeness (QED) is 0.789. The topological polar surface area (TPSA) is 39.1 Å². The summed E-state index contributed by atoms with van der Waals surface area (Å²) < 4.78 is 8.33. The third-order valence-corrected chi connectivity index (χ3v) is 3.83. The van der Waals surface area contributed by atoms with Gasteiger partial charge in [0.2, 0.25) is 0 Å². The molecule has 5 heteroatoms. The first-order valence-electron chi connectivity index (χ1n) is 6.68. The molecule has 0 aliphatic carbocycles. The van der Waals surface area contributed by atoms with Crippen LogP contribution in [0.2, 0.25) is 0 Å². The van der Waals surface area contributed by atoms with E-state index in [9.17, 15) is 0 Å². The van der Waals surface area contributed by atoms with Crippen LogP contribution in [0.1, 0.15) is 24.2 Å². The molecule has 1 aromatic heterocycles. The van der Waals surface area contributed by atoms with Gasteiger partial charge in [0.15, 0.2) is 0 Å². The lowest BCUT2D eigenvalue weighted by molar-refractivity contribution is 0.199. The Morgan fingerprint density at radius 1 is 1.35 bits per heavy atom. The number of rotatable bonds is 7. The third-order valence-electron chi connectivity index (χ3n) is 3.31. The van der Waals surface area contributed by atoms with E-state index in [1.165, 1.54) is 11.3 Å². The molecule has 4 nitrogen and oxygen atoms in total. The number of benzene rings is 1. The fourth-order valence-electron chi connectivity index (χ4n) is 2.11. The van der Waals surface area contributed by atoms with Crippen LogP contribution < -0.4 is 5.32 Å². The predicted octanol–water partition coefficient (Wildman–Crippen LogP) is 2.99. The van der Waals surface area contributed by atoms with E-state index in [0.29, 0.717) is 0 Å². The Hall–Kier alpha value is -1.17. The second kappa shape index (κ2) is 7.57. The molecule has 0 amide bonds. The van der Waals surface area contributed by atoms with Crippen molar-refractivity contribution in [2.24, 2.45) is 0 Å². The van der Waals surface area contributed by atoms with Gasteiger partial charge in [-0.2, -0.15) is 0 Å². The minimum Gasteiger partial charge on any atom is -0.383 e. The van der Waals surface area contributed by atoms with E-state index in [1.54, 1.807) is 7.11 Å². The summed E-state index contributed by atoms with van der Waals surface area (Å²) in [6.07, 6.45) is 3.80. The molecule has 108 valence electrons. The van der Waals surface area contributed by atoms with Crippen molar-refractivity contribution in [1.29, 1.82) is 0 Å². The maximum absolute atomic E-state index is 5.03. The summed E-state index contributed by atoms with van der Waals surface area (Å²) in [6.45, 7) is 4.54. The zero-order chi connectivity index (χ0) is 14.4.